The smallest absolute Gasteiger partial charge is 0.227 e. The maximum Gasteiger partial charge on any atom is 0.227 e. The molecule has 9 heteroatoms. The maximum absolute atomic E-state index is 5.68. The predicted molar refractivity (Wildman–Crippen MR) is 130 cm³/mol. The van der Waals surface area contributed by atoms with Crippen LogP contribution >= 0.6 is 15.9 Å². The van der Waals surface area contributed by atoms with Gasteiger partial charge in [0.2, 0.25) is 5.95 Å². The van der Waals surface area contributed by atoms with Gasteiger partial charge in [-0.15, -0.1) is 0 Å². The molecule has 0 radical (unpaired) electrons. The molecule has 1 fully saturated rings. The third-order valence-corrected chi connectivity index (χ3v) is 6.28. The lowest BCUT2D eigenvalue weighted by Gasteiger charge is -2.34. The van der Waals surface area contributed by atoms with E-state index in [9.17, 15) is 0 Å². The normalized spacial score (nSPS) is 14.7. The first-order chi connectivity index (χ1) is 15.6. The summed E-state index contributed by atoms with van der Waals surface area (Å²) in [6.07, 6.45) is 5.54. The Morgan fingerprint density at radius 3 is 2.69 bits per heavy atom. The zero-order valence-corrected chi connectivity index (χ0v) is 19.6. The van der Waals surface area contributed by atoms with Crippen molar-refractivity contribution in [3.8, 4) is 17.1 Å². The van der Waals surface area contributed by atoms with Crippen LogP contribution in [0.1, 0.15) is 0 Å². The van der Waals surface area contributed by atoms with Crippen LogP contribution in [-0.2, 0) is 0 Å². The molecule has 5 rings (SSSR count). The zero-order valence-electron chi connectivity index (χ0n) is 18.0. The summed E-state index contributed by atoms with van der Waals surface area (Å²) < 4.78 is 8.48. The van der Waals surface area contributed by atoms with E-state index in [2.05, 4.69) is 60.2 Å². The molecule has 1 N–H and O–H groups in total. The SMILES string of the molecule is COc1cc(N2CCN(C)CC2)ccc1Nc1ncc(Br)c(-c2cnc3ccccn23)n1. The lowest BCUT2D eigenvalue weighted by Crippen LogP contribution is -2.44. The quantitative estimate of drug-likeness (QED) is 0.449. The molecule has 0 saturated carbocycles. The highest BCUT2D eigenvalue weighted by Crippen LogP contribution is 2.33. The van der Waals surface area contributed by atoms with E-state index in [-0.39, 0.29) is 0 Å². The molecule has 3 aromatic heterocycles. The van der Waals surface area contributed by atoms with E-state index in [0.29, 0.717) is 5.95 Å². The van der Waals surface area contributed by atoms with E-state index in [1.165, 1.54) is 0 Å². The van der Waals surface area contributed by atoms with Crippen molar-refractivity contribution < 1.29 is 4.74 Å². The molecule has 4 aromatic rings. The van der Waals surface area contributed by atoms with Crippen molar-refractivity contribution >= 4 is 38.9 Å². The number of ether oxygens (including phenoxy) is 1. The van der Waals surface area contributed by atoms with E-state index >= 15 is 0 Å². The van der Waals surface area contributed by atoms with Crippen LogP contribution in [0.2, 0.25) is 0 Å². The minimum Gasteiger partial charge on any atom is -0.494 e. The molecule has 1 aliphatic heterocycles. The number of rotatable bonds is 5. The lowest BCUT2D eigenvalue weighted by atomic mass is 10.2. The summed E-state index contributed by atoms with van der Waals surface area (Å²) >= 11 is 3.58. The number of nitrogens with one attached hydrogen (secondary N) is 1. The molecule has 0 unspecified atom stereocenters. The number of pyridine rings is 1. The van der Waals surface area contributed by atoms with Crippen LogP contribution < -0.4 is 15.0 Å². The fourth-order valence-electron chi connectivity index (χ4n) is 3.88. The fraction of sp³-hybridized carbons (Fsp3) is 0.261. The first-order valence-corrected chi connectivity index (χ1v) is 11.3. The Kier molecular flexibility index (Phi) is 5.67. The topological polar surface area (TPSA) is 70.8 Å². The predicted octanol–water partition coefficient (Wildman–Crippen LogP) is 4.06. The van der Waals surface area contributed by atoms with Gasteiger partial charge in [0, 0.05) is 50.3 Å². The highest BCUT2D eigenvalue weighted by atomic mass is 79.9. The number of piperazine rings is 1. The summed E-state index contributed by atoms with van der Waals surface area (Å²) in [5, 5.41) is 3.31. The highest BCUT2D eigenvalue weighted by molar-refractivity contribution is 9.10. The van der Waals surface area contributed by atoms with E-state index in [1.54, 1.807) is 13.3 Å². The standard InChI is InChI=1S/C23H24BrN7O/c1-29-9-11-30(12-10-29)16-6-7-18(20(13-16)32-2)27-23-26-14-17(24)22(28-23)19-15-25-21-5-3-4-8-31(19)21/h3-8,13-15H,9-12H2,1-2H3,(H,26,27,28). The van der Waals surface area contributed by atoms with Gasteiger partial charge >= 0.3 is 0 Å². The Labute approximate surface area is 195 Å². The van der Waals surface area contributed by atoms with Crippen molar-refractivity contribution in [2.45, 2.75) is 0 Å². The van der Waals surface area contributed by atoms with E-state index in [1.807, 2.05) is 41.1 Å². The number of imidazole rings is 1. The number of methoxy groups -OCH3 is 1. The summed E-state index contributed by atoms with van der Waals surface area (Å²) in [6, 6.07) is 12.1. The Bertz CT molecular complexity index is 1250. The van der Waals surface area contributed by atoms with Gasteiger partial charge in [-0.25, -0.2) is 15.0 Å². The Hall–Kier alpha value is -3.17. The number of fused-ring (bicyclic) bond motifs is 1. The van der Waals surface area contributed by atoms with Crippen LogP contribution in [0, 0.1) is 0 Å². The molecule has 8 nitrogen and oxygen atoms in total. The second-order valence-corrected chi connectivity index (χ2v) is 8.62. The molecule has 1 aromatic carbocycles. The first-order valence-electron chi connectivity index (χ1n) is 10.5. The van der Waals surface area contributed by atoms with Crippen molar-refractivity contribution in [2.75, 3.05) is 50.6 Å². The summed E-state index contributed by atoms with van der Waals surface area (Å²) in [5.74, 6) is 1.24. The van der Waals surface area contributed by atoms with Gasteiger partial charge in [0.1, 0.15) is 17.1 Å². The second kappa shape index (κ2) is 8.76. The third-order valence-electron chi connectivity index (χ3n) is 5.70. The summed E-state index contributed by atoms with van der Waals surface area (Å²) in [7, 11) is 3.84. The first kappa shape index (κ1) is 20.7. The summed E-state index contributed by atoms with van der Waals surface area (Å²) in [4.78, 5) is 18.4. The van der Waals surface area contributed by atoms with Crippen LogP contribution in [0.5, 0.6) is 5.75 Å². The third kappa shape index (κ3) is 4.01. The van der Waals surface area contributed by atoms with Crippen molar-refractivity contribution in [1.82, 2.24) is 24.3 Å². The van der Waals surface area contributed by atoms with Crippen molar-refractivity contribution in [2.24, 2.45) is 0 Å². The number of halogens is 1. The molecule has 0 amide bonds. The molecule has 164 valence electrons. The van der Waals surface area contributed by atoms with Gasteiger partial charge in [-0.2, -0.15) is 0 Å². The fourth-order valence-corrected chi connectivity index (χ4v) is 4.27. The Balaban J connectivity index is 1.43. The van der Waals surface area contributed by atoms with Crippen LogP contribution in [0.3, 0.4) is 0 Å². The van der Waals surface area contributed by atoms with Gasteiger partial charge < -0.3 is 19.9 Å². The van der Waals surface area contributed by atoms with Gasteiger partial charge in [-0.05, 0) is 47.2 Å². The molecule has 32 heavy (non-hydrogen) atoms. The minimum absolute atomic E-state index is 0.486. The number of aromatic nitrogens is 4. The molecule has 0 spiro atoms. The van der Waals surface area contributed by atoms with Gasteiger partial charge in [-0.1, -0.05) is 6.07 Å². The Morgan fingerprint density at radius 1 is 1.03 bits per heavy atom. The summed E-state index contributed by atoms with van der Waals surface area (Å²) in [6.45, 7) is 4.12. The van der Waals surface area contributed by atoms with Gasteiger partial charge in [0.15, 0.2) is 0 Å². The number of hydrogen-bond acceptors (Lipinski definition) is 7. The van der Waals surface area contributed by atoms with E-state index in [0.717, 1.165) is 64.8 Å². The van der Waals surface area contributed by atoms with Crippen LogP contribution in [0.25, 0.3) is 17.0 Å². The number of hydrogen-bond donors (Lipinski definition) is 1. The molecular formula is C23H24BrN7O. The maximum atomic E-state index is 5.68. The van der Waals surface area contributed by atoms with E-state index < -0.39 is 0 Å². The number of likely N-dealkylation sites (N-methyl/N-ethyl adjacent to an activating group) is 1. The van der Waals surface area contributed by atoms with Gasteiger partial charge in [-0.3, -0.25) is 4.40 Å². The lowest BCUT2D eigenvalue weighted by molar-refractivity contribution is 0.312. The molecule has 0 bridgehead atoms. The van der Waals surface area contributed by atoms with Crippen molar-refractivity contribution in [1.29, 1.82) is 0 Å². The van der Waals surface area contributed by atoms with Crippen LogP contribution in [0.15, 0.2) is 59.5 Å². The minimum atomic E-state index is 0.486. The largest absolute Gasteiger partial charge is 0.494 e. The second-order valence-electron chi connectivity index (χ2n) is 7.76. The van der Waals surface area contributed by atoms with Gasteiger partial charge in [0.05, 0.1) is 29.2 Å². The molecule has 0 atom stereocenters. The molecule has 0 aliphatic carbocycles. The average Bonchev–Trinajstić information content (AvgIpc) is 3.25. The van der Waals surface area contributed by atoms with Crippen molar-refractivity contribution in [3.05, 3.63) is 59.5 Å². The average molecular weight is 494 g/mol. The number of anilines is 3. The van der Waals surface area contributed by atoms with E-state index in [4.69, 9.17) is 9.72 Å². The zero-order chi connectivity index (χ0) is 22.1. The van der Waals surface area contributed by atoms with Gasteiger partial charge in [0.25, 0.3) is 0 Å². The molecular weight excluding hydrogens is 470 g/mol. The Morgan fingerprint density at radius 2 is 1.88 bits per heavy atom. The molecule has 1 aliphatic rings. The number of benzene rings is 1. The van der Waals surface area contributed by atoms with Crippen LogP contribution in [0.4, 0.5) is 17.3 Å². The molecule has 4 heterocycles. The number of nitrogens with zero attached hydrogens (tertiary/aromatic N) is 6. The van der Waals surface area contributed by atoms with Crippen LogP contribution in [-0.4, -0.2) is 64.6 Å². The monoisotopic (exact) mass is 493 g/mol. The summed E-state index contributed by atoms with van der Waals surface area (Å²) in [5.41, 5.74) is 4.48. The highest BCUT2D eigenvalue weighted by Gasteiger charge is 2.17. The van der Waals surface area contributed by atoms with Crippen molar-refractivity contribution in [3.63, 3.8) is 0 Å². The molecule has 1 saturated heterocycles.